The van der Waals surface area contributed by atoms with Crippen LogP contribution in [0.15, 0.2) is 12.1 Å². The van der Waals surface area contributed by atoms with Gasteiger partial charge in [-0.2, -0.15) is 5.26 Å². The Morgan fingerprint density at radius 1 is 1.12 bits per heavy atom. The SMILES string of the molecule is Cc1cc(C(C)(C)C)cc(C)c1CCC#N. The highest BCUT2D eigenvalue weighted by Crippen LogP contribution is 2.27. The van der Waals surface area contributed by atoms with Crippen LogP contribution < -0.4 is 0 Å². The molecule has 0 saturated carbocycles. The molecule has 1 nitrogen and oxygen atoms in total. The molecular formula is C15H21N. The molecule has 1 aromatic rings. The van der Waals surface area contributed by atoms with Crippen LogP contribution in [0.5, 0.6) is 0 Å². The molecule has 0 radical (unpaired) electrons. The van der Waals surface area contributed by atoms with Crippen molar-refractivity contribution < 1.29 is 0 Å². The Labute approximate surface area is 99.1 Å². The summed E-state index contributed by atoms with van der Waals surface area (Å²) in [6, 6.07) is 6.74. The van der Waals surface area contributed by atoms with Crippen molar-refractivity contribution in [1.82, 2.24) is 0 Å². The molecular weight excluding hydrogens is 194 g/mol. The zero-order chi connectivity index (χ0) is 12.3. The van der Waals surface area contributed by atoms with Crippen molar-refractivity contribution in [3.63, 3.8) is 0 Å². The summed E-state index contributed by atoms with van der Waals surface area (Å²) in [6.07, 6.45) is 1.48. The van der Waals surface area contributed by atoms with E-state index in [0.29, 0.717) is 6.42 Å². The molecule has 0 bridgehead atoms. The fourth-order valence-corrected chi connectivity index (χ4v) is 2.00. The molecule has 0 aliphatic carbocycles. The zero-order valence-electron chi connectivity index (χ0n) is 11.0. The van der Waals surface area contributed by atoms with Crippen LogP contribution in [0.3, 0.4) is 0 Å². The van der Waals surface area contributed by atoms with Crippen LogP contribution in [0.2, 0.25) is 0 Å². The van der Waals surface area contributed by atoms with Crippen molar-refractivity contribution in [2.24, 2.45) is 0 Å². The van der Waals surface area contributed by atoms with Crippen molar-refractivity contribution in [3.05, 3.63) is 34.4 Å². The summed E-state index contributed by atoms with van der Waals surface area (Å²) in [4.78, 5) is 0. The third-order valence-corrected chi connectivity index (χ3v) is 3.05. The lowest BCUT2D eigenvalue weighted by Crippen LogP contribution is -2.12. The maximum atomic E-state index is 8.64. The lowest BCUT2D eigenvalue weighted by molar-refractivity contribution is 0.588. The first-order valence-electron chi connectivity index (χ1n) is 5.84. The van der Waals surface area contributed by atoms with E-state index in [2.05, 4.69) is 52.8 Å². The largest absolute Gasteiger partial charge is 0.198 e. The molecule has 0 fully saturated rings. The molecule has 0 spiro atoms. The van der Waals surface area contributed by atoms with E-state index in [4.69, 9.17) is 5.26 Å². The minimum absolute atomic E-state index is 0.198. The summed E-state index contributed by atoms with van der Waals surface area (Å²) in [5.74, 6) is 0. The van der Waals surface area contributed by atoms with Crippen LogP contribution in [0, 0.1) is 25.2 Å². The normalized spacial score (nSPS) is 11.2. The predicted molar refractivity (Wildman–Crippen MR) is 68.6 cm³/mol. The van der Waals surface area contributed by atoms with Gasteiger partial charge in [0, 0.05) is 6.42 Å². The van der Waals surface area contributed by atoms with Gasteiger partial charge in [0.1, 0.15) is 0 Å². The number of rotatable bonds is 2. The lowest BCUT2D eigenvalue weighted by Gasteiger charge is -2.22. The van der Waals surface area contributed by atoms with Crippen molar-refractivity contribution >= 4 is 0 Å². The van der Waals surface area contributed by atoms with Crippen LogP contribution in [0.4, 0.5) is 0 Å². The second-order valence-electron chi connectivity index (χ2n) is 5.50. The smallest absolute Gasteiger partial charge is 0.0625 e. The van der Waals surface area contributed by atoms with Crippen molar-refractivity contribution in [3.8, 4) is 6.07 Å². The molecule has 1 rings (SSSR count). The molecule has 0 saturated heterocycles. The second kappa shape index (κ2) is 4.70. The van der Waals surface area contributed by atoms with E-state index in [1.54, 1.807) is 0 Å². The molecule has 16 heavy (non-hydrogen) atoms. The monoisotopic (exact) mass is 215 g/mol. The molecule has 0 unspecified atom stereocenters. The zero-order valence-corrected chi connectivity index (χ0v) is 11.0. The van der Waals surface area contributed by atoms with Crippen LogP contribution in [0.25, 0.3) is 0 Å². The Balaban J connectivity index is 3.14. The van der Waals surface area contributed by atoms with E-state index in [9.17, 15) is 0 Å². The van der Waals surface area contributed by atoms with E-state index >= 15 is 0 Å². The highest BCUT2D eigenvalue weighted by molar-refractivity contribution is 5.40. The minimum atomic E-state index is 0.198. The second-order valence-corrected chi connectivity index (χ2v) is 5.50. The molecule has 0 amide bonds. The van der Waals surface area contributed by atoms with Crippen LogP contribution in [0.1, 0.15) is 49.4 Å². The van der Waals surface area contributed by atoms with E-state index in [1.165, 1.54) is 22.3 Å². The topological polar surface area (TPSA) is 23.8 Å². The number of hydrogen-bond acceptors (Lipinski definition) is 1. The van der Waals surface area contributed by atoms with Gasteiger partial charge < -0.3 is 0 Å². The van der Waals surface area contributed by atoms with E-state index in [0.717, 1.165) is 6.42 Å². The number of hydrogen-bond donors (Lipinski definition) is 0. The van der Waals surface area contributed by atoms with E-state index < -0.39 is 0 Å². The summed E-state index contributed by atoms with van der Waals surface area (Å²) >= 11 is 0. The summed E-state index contributed by atoms with van der Waals surface area (Å²) in [5, 5.41) is 8.64. The Bertz CT molecular complexity index is 393. The molecule has 0 aromatic heterocycles. The Morgan fingerprint density at radius 2 is 1.62 bits per heavy atom. The summed E-state index contributed by atoms with van der Waals surface area (Å²) in [5.41, 5.74) is 5.56. The average Bonchev–Trinajstić information content (AvgIpc) is 2.15. The number of aryl methyl sites for hydroxylation is 2. The predicted octanol–water partition coefficient (Wildman–Crippen LogP) is 4.06. The standard InChI is InChI=1S/C15H21N/c1-11-9-13(15(3,4)5)10-12(2)14(11)7-6-8-16/h9-10H,6-7H2,1-5H3. The van der Waals surface area contributed by atoms with Gasteiger partial charge in [-0.15, -0.1) is 0 Å². The van der Waals surface area contributed by atoms with Gasteiger partial charge in [-0.05, 0) is 47.9 Å². The Hall–Kier alpha value is -1.29. The van der Waals surface area contributed by atoms with Gasteiger partial charge in [0.25, 0.3) is 0 Å². The van der Waals surface area contributed by atoms with Crippen molar-refractivity contribution in [1.29, 1.82) is 5.26 Å². The quantitative estimate of drug-likeness (QED) is 0.730. The fraction of sp³-hybridized carbons (Fsp3) is 0.533. The average molecular weight is 215 g/mol. The maximum absolute atomic E-state index is 8.64. The third-order valence-electron chi connectivity index (χ3n) is 3.05. The van der Waals surface area contributed by atoms with Gasteiger partial charge in [-0.25, -0.2) is 0 Å². The minimum Gasteiger partial charge on any atom is -0.198 e. The molecule has 0 atom stereocenters. The summed E-state index contributed by atoms with van der Waals surface area (Å²) < 4.78 is 0. The van der Waals surface area contributed by atoms with Gasteiger partial charge in [-0.3, -0.25) is 0 Å². The molecule has 86 valence electrons. The molecule has 1 aromatic carbocycles. The van der Waals surface area contributed by atoms with Gasteiger partial charge in [-0.1, -0.05) is 32.9 Å². The number of nitrogens with zero attached hydrogens (tertiary/aromatic N) is 1. The van der Waals surface area contributed by atoms with Gasteiger partial charge in [0.2, 0.25) is 0 Å². The summed E-state index contributed by atoms with van der Waals surface area (Å²) in [6.45, 7) is 11.0. The molecule has 0 N–H and O–H groups in total. The molecule has 0 aliphatic rings. The van der Waals surface area contributed by atoms with Gasteiger partial charge >= 0.3 is 0 Å². The van der Waals surface area contributed by atoms with Gasteiger partial charge in [0.05, 0.1) is 6.07 Å². The molecule has 0 heterocycles. The third kappa shape index (κ3) is 2.85. The van der Waals surface area contributed by atoms with Crippen LogP contribution in [-0.2, 0) is 11.8 Å². The van der Waals surface area contributed by atoms with Crippen molar-refractivity contribution in [2.75, 3.05) is 0 Å². The van der Waals surface area contributed by atoms with Gasteiger partial charge in [0.15, 0.2) is 0 Å². The maximum Gasteiger partial charge on any atom is 0.0625 e. The van der Waals surface area contributed by atoms with Crippen LogP contribution in [-0.4, -0.2) is 0 Å². The molecule has 0 aliphatic heterocycles. The lowest BCUT2D eigenvalue weighted by atomic mass is 9.83. The van der Waals surface area contributed by atoms with E-state index in [-0.39, 0.29) is 5.41 Å². The first-order chi connectivity index (χ1) is 7.36. The Kier molecular flexibility index (Phi) is 3.75. The Morgan fingerprint density at radius 3 is 2.00 bits per heavy atom. The highest BCUT2D eigenvalue weighted by Gasteiger charge is 2.15. The highest BCUT2D eigenvalue weighted by atomic mass is 14.2. The summed E-state index contributed by atoms with van der Waals surface area (Å²) in [7, 11) is 0. The molecule has 1 heteroatoms. The number of nitriles is 1. The first-order valence-corrected chi connectivity index (χ1v) is 5.84. The first kappa shape index (κ1) is 12.8. The van der Waals surface area contributed by atoms with E-state index in [1.807, 2.05) is 0 Å². The van der Waals surface area contributed by atoms with Crippen molar-refractivity contribution in [2.45, 2.75) is 52.9 Å². The van der Waals surface area contributed by atoms with Crippen LogP contribution >= 0.6 is 0 Å². The number of benzene rings is 1. The fourth-order valence-electron chi connectivity index (χ4n) is 2.00.